The van der Waals surface area contributed by atoms with Crippen LogP contribution in [0.4, 0.5) is 5.69 Å². The molecule has 2 amide bonds. The van der Waals surface area contributed by atoms with Gasteiger partial charge in [-0.25, -0.2) is 0 Å². The maximum absolute atomic E-state index is 12.4. The predicted molar refractivity (Wildman–Crippen MR) is 93.0 cm³/mol. The third-order valence-electron chi connectivity index (χ3n) is 4.56. The number of aromatic hydroxyl groups is 1. The minimum Gasteiger partial charge on any atom is -0.508 e. The van der Waals surface area contributed by atoms with Gasteiger partial charge < -0.3 is 24.8 Å². The Hall–Kier alpha value is -3.22. The summed E-state index contributed by atoms with van der Waals surface area (Å²) in [5.74, 6) is 0.859. The van der Waals surface area contributed by atoms with Gasteiger partial charge in [0.2, 0.25) is 18.6 Å². The summed E-state index contributed by atoms with van der Waals surface area (Å²) in [5, 5.41) is 12.2. The summed E-state index contributed by atoms with van der Waals surface area (Å²) < 4.78 is 10.6. The van der Waals surface area contributed by atoms with Gasteiger partial charge in [-0.2, -0.15) is 0 Å². The molecular weight excluding hydrogens is 336 g/mol. The van der Waals surface area contributed by atoms with Crippen molar-refractivity contribution in [3.8, 4) is 17.2 Å². The molecule has 0 unspecified atom stereocenters. The van der Waals surface area contributed by atoms with Crippen LogP contribution in [-0.2, 0) is 16.1 Å². The van der Waals surface area contributed by atoms with E-state index in [0.29, 0.717) is 30.3 Å². The van der Waals surface area contributed by atoms with Gasteiger partial charge in [-0.1, -0.05) is 6.07 Å². The smallest absolute Gasteiger partial charge is 0.231 e. The molecule has 2 heterocycles. The lowest BCUT2D eigenvalue weighted by Gasteiger charge is -2.16. The maximum Gasteiger partial charge on any atom is 0.231 e. The average Bonchev–Trinajstić information content (AvgIpc) is 3.26. The normalized spacial score (nSPS) is 18.2. The first-order valence-corrected chi connectivity index (χ1v) is 8.36. The van der Waals surface area contributed by atoms with Crippen molar-refractivity contribution < 1.29 is 24.2 Å². The van der Waals surface area contributed by atoms with E-state index in [1.807, 2.05) is 18.2 Å². The van der Waals surface area contributed by atoms with Crippen LogP contribution >= 0.6 is 0 Å². The summed E-state index contributed by atoms with van der Waals surface area (Å²) in [7, 11) is 0. The van der Waals surface area contributed by atoms with Gasteiger partial charge in [0.05, 0.1) is 5.92 Å². The number of hydrogen-bond donors (Lipinski definition) is 2. The van der Waals surface area contributed by atoms with E-state index in [1.54, 1.807) is 17.0 Å². The van der Waals surface area contributed by atoms with Crippen molar-refractivity contribution in [1.82, 2.24) is 5.32 Å². The number of phenolic OH excluding ortho intramolecular Hbond substituents is 1. The highest BCUT2D eigenvalue weighted by Crippen LogP contribution is 2.32. The molecule has 1 atom stereocenters. The molecule has 134 valence electrons. The first-order chi connectivity index (χ1) is 12.6. The second-order valence-corrected chi connectivity index (χ2v) is 6.33. The molecule has 1 fully saturated rings. The standard InChI is InChI=1S/C19H18N2O5/c22-15-4-2-14(3-5-15)21-10-13(8-18(21)23)19(24)20-9-12-1-6-16-17(7-12)26-11-25-16/h1-7,13,22H,8-11H2,(H,20,24)/t13-/m0/s1. The number of hydrogen-bond acceptors (Lipinski definition) is 5. The number of fused-ring (bicyclic) bond motifs is 1. The molecule has 26 heavy (non-hydrogen) atoms. The topological polar surface area (TPSA) is 88.1 Å². The van der Waals surface area contributed by atoms with Gasteiger partial charge in [-0.15, -0.1) is 0 Å². The molecule has 4 rings (SSSR count). The van der Waals surface area contributed by atoms with Crippen LogP contribution < -0.4 is 19.7 Å². The molecule has 0 bridgehead atoms. The highest BCUT2D eigenvalue weighted by Gasteiger charge is 2.35. The Kier molecular flexibility index (Phi) is 4.12. The third-order valence-corrected chi connectivity index (χ3v) is 4.56. The molecule has 2 N–H and O–H groups in total. The molecule has 0 spiro atoms. The maximum atomic E-state index is 12.4. The molecule has 2 aliphatic rings. The summed E-state index contributed by atoms with van der Waals surface area (Å²) >= 11 is 0. The van der Waals surface area contributed by atoms with Crippen LogP contribution in [-0.4, -0.2) is 30.3 Å². The minimum absolute atomic E-state index is 0.0982. The number of benzene rings is 2. The van der Waals surface area contributed by atoms with Crippen molar-refractivity contribution in [3.63, 3.8) is 0 Å². The summed E-state index contributed by atoms with van der Waals surface area (Å²) in [6, 6.07) is 11.9. The monoisotopic (exact) mass is 354 g/mol. The summed E-state index contributed by atoms with van der Waals surface area (Å²) in [5.41, 5.74) is 1.58. The van der Waals surface area contributed by atoms with Gasteiger partial charge in [0.15, 0.2) is 11.5 Å². The Balaban J connectivity index is 1.36. The predicted octanol–water partition coefficient (Wildman–Crippen LogP) is 1.79. The first kappa shape index (κ1) is 16.3. The van der Waals surface area contributed by atoms with Crippen molar-refractivity contribution in [2.24, 2.45) is 5.92 Å². The van der Waals surface area contributed by atoms with Crippen LogP contribution in [0.3, 0.4) is 0 Å². The molecule has 0 saturated carbocycles. The van der Waals surface area contributed by atoms with E-state index in [9.17, 15) is 14.7 Å². The van der Waals surface area contributed by atoms with Crippen molar-refractivity contribution in [2.45, 2.75) is 13.0 Å². The molecule has 2 aromatic rings. The summed E-state index contributed by atoms with van der Waals surface area (Å²) in [4.78, 5) is 26.2. The zero-order valence-electron chi connectivity index (χ0n) is 14.0. The number of amides is 2. The van der Waals surface area contributed by atoms with Gasteiger partial charge >= 0.3 is 0 Å². The number of carbonyl (C=O) groups excluding carboxylic acids is 2. The molecule has 7 heteroatoms. The molecule has 0 aromatic heterocycles. The fourth-order valence-electron chi connectivity index (χ4n) is 3.15. The fraction of sp³-hybridized carbons (Fsp3) is 0.263. The Morgan fingerprint density at radius 1 is 1.15 bits per heavy atom. The quantitative estimate of drug-likeness (QED) is 0.874. The Morgan fingerprint density at radius 2 is 1.92 bits per heavy atom. The third kappa shape index (κ3) is 3.15. The lowest BCUT2D eigenvalue weighted by atomic mass is 10.1. The Labute approximate surface area is 150 Å². The molecule has 2 aromatic carbocycles. The van der Waals surface area contributed by atoms with Gasteiger partial charge in [0.1, 0.15) is 5.75 Å². The minimum atomic E-state index is -0.398. The first-order valence-electron chi connectivity index (χ1n) is 8.36. The zero-order valence-corrected chi connectivity index (χ0v) is 14.0. The summed E-state index contributed by atoms with van der Waals surface area (Å²) in [6.45, 7) is 0.901. The molecule has 0 radical (unpaired) electrons. The lowest BCUT2D eigenvalue weighted by molar-refractivity contribution is -0.126. The van der Waals surface area contributed by atoms with E-state index < -0.39 is 5.92 Å². The molecular formula is C19H18N2O5. The molecule has 0 aliphatic carbocycles. The van der Waals surface area contributed by atoms with E-state index in [-0.39, 0.29) is 30.8 Å². The van der Waals surface area contributed by atoms with E-state index in [4.69, 9.17) is 9.47 Å². The number of anilines is 1. The van der Waals surface area contributed by atoms with Crippen LogP contribution in [0, 0.1) is 5.92 Å². The second kappa shape index (κ2) is 6.59. The highest BCUT2D eigenvalue weighted by molar-refractivity contribution is 6.00. The van der Waals surface area contributed by atoms with Gasteiger partial charge in [0.25, 0.3) is 0 Å². The van der Waals surface area contributed by atoms with Crippen LogP contribution in [0.15, 0.2) is 42.5 Å². The van der Waals surface area contributed by atoms with Crippen LogP contribution in [0.5, 0.6) is 17.2 Å². The number of nitrogens with one attached hydrogen (secondary N) is 1. The van der Waals surface area contributed by atoms with E-state index in [1.165, 1.54) is 12.1 Å². The molecule has 2 aliphatic heterocycles. The van der Waals surface area contributed by atoms with Crippen molar-refractivity contribution in [3.05, 3.63) is 48.0 Å². The van der Waals surface area contributed by atoms with Crippen molar-refractivity contribution in [2.75, 3.05) is 18.2 Å². The average molecular weight is 354 g/mol. The Bertz CT molecular complexity index is 850. The number of rotatable bonds is 4. The number of carbonyl (C=O) groups is 2. The highest BCUT2D eigenvalue weighted by atomic mass is 16.7. The fourth-order valence-corrected chi connectivity index (χ4v) is 3.15. The van der Waals surface area contributed by atoms with E-state index >= 15 is 0 Å². The number of nitrogens with zero attached hydrogens (tertiary/aromatic N) is 1. The Morgan fingerprint density at radius 3 is 2.73 bits per heavy atom. The van der Waals surface area contributed by atoms with Crippen LogP contribution in [0.25, 0.3) is 0 Å². The van der Waals surface area contributed by atoms with Gasteiger partial charge in [-0.05, 0) is 42.0 Å². The van der Waals surface area contributed by atoms with E-state index in [0.717, 1.165) is 5.56 Å². The summed E-state index contributed by atoms with van der Waals surface area (Å²) in [6.07, 6.45) is 0.174. The van der Waals surface area contributed by atoms with Crippen molar-refractivity contribution in [1.29, 1.82) is 0 Å². The van der Waals surface area contributed by atoms with Gasteiger partial charge in [-0.3, -0.25) is 9.59 Å². The number of ether oxygens (including phenoxy) is 2. The van der Waals surface area contributed by atoms with Gasteiger partial charge in [0, 0.05) is 25.2 Å². The SMILES string of the molecule is O=C(NCc1ccc2c(c1)OCO2)[C@H]1CC(=O)N(c2ccc(O)cc2)C1. The van der Waals surface area contributed by atoms with E-state index in [2.05, 4.69) is 5.32 Å². The van der Waals surface area contributed by atoms with Crippen molar-refractivity contribution >= 4 is 17.5 Å². The lowest BCUT2D eigenvalue weighted by Crippen LogP contribution is -2.32. The largest absolute Gasteiger partial charge is 0.508 e. The zero-order chi connectivity index (χ0) is 18.1. The molecule has 1 saturated heterocycles. The van der Waals surface area contributed by atoms with Crippen LogP contribution in [0.1, 0.15) is 12.0 Å². The number of phenols is 1. The second-order valence-electron chi connectivity index (χ2n) is 6.33. The van der Waals surface area contributed by atoms with Crippen LogP contribution in [0.2, 0.25) is 0 Å². The molecule has 7 nitrogen and oxygen atoms in total.